The molecule has 10 heteroatoms. The van der Waals surface area contributed by atoms with Crippen LogP contribution >= 0.6 is 22.7 Å². The molecular formula is C28H28FN3O4S2. The Balaban J connectivity index is 0.000000221. The number of halogens is 1. The molecule has 0 spiro atoms. The standard InChI is InChI=1S/C16H15FN2O2S.C12H13NO2S/c1-11(19(21)16(18)20)2-7-14-8-9-15(22-14)10-12-3-5-13(17)6-4-12;1-8(13(15)9(2)14)12-7-10-5-3-4-6-11(10)16-12/h3-6,8-9,11,21H,10H2,1H3,(H2,18,20);3-8,15H,1-2H3/t11-;/m1./s1. The Morgan fingerprint density at radius 2 is 1.68 bits per heavy atom. The van der Waals surface area contributed by atoms with Gasteiger partial charge in [0.25, 0.3) is 0 Å². The van der Waals surface area contributed by atoms with Crippen LogP contribution in [0.1, 0.15) is 47.0 Å². The van der Waals surface area contributed by atoms with Gasteiger partial charge in [0.1, 0.15) is 11.9 Å². The van der Waals surface area contributed by atoms with E-state index in [0.717, 1.165) is 30.6 Å². The fourth-order valence-electron chi connectivity index (χ4n) is 3.37. The van der Waals surface area contributed by atoms with E-state index < -0.39 is 12.1 Å². The quantitative estimate of drug-likeness (QED) is 0.156. The highest BCUT2D eigenvalue weighted by Crippen LogP contribution is 2.31. The van der Waals surface area contributed by atoms with Gasteiger partial charge in [-0.1, -0.05) is 42.2 Å². The summed E-state index contributed by atoms with van der Waals surface area (Å²) < 4.78 is 14.0. The molecule has 0 aliphatic heterocycles. The summed E-state index contributed by atoms with van der Waals surface area (Å²) in [6, 6.07) is 18.3. The van der Waals surface area contributed by atoms with E-state index in [-0.39, 0.29) is 17.8 Å². The van der Waals surface area contributed by atoms with E-state index in [1.54, 1.807) is 30.4 Å². The van der Waals surface area contributed by atoms with Gasteiger partial charge < -0.3 is 5.73 Å². The highest BCUT2D eigenvalue weighted by molar-refractivity contribution is 7.19. The van der Waals surface area contributed by atoms with E-state index in [4.69, 9.17) is 5.73 Å². The van der Waals surface area contributed by atoms with Crippen LogP contribution in [-0.2, 0) is 11.2 Å². The number of amides is 3. The summed E-state index contributed by atoms with van der Waals surface area (Å²) in [5.74, 6) is 5.05. The van der Waals surface area contributed by atoms with Crippen LogP contribution in [0.5, 0.6) is 0 Å². The predicted molar refractivity (Wildman–Crippen MR) is 148 cm³/mol. The van der Waals surface area contributed by atoms with Crippen molar-refractivity contribution in [1.29, 1.82) is 0 Å². The smallest absolute Gasteiger partial charge is 0.339 e. The molecule has 0 bridgehead atoms. The number of urea groups is 1. The van der Waals surface area contributed by atoms with Gasteiger partial charge in [0.05, 0.1) is 10.9 Å². The summed E-state index contributed by atoms with van der Waals surface area (Å²) in [6.45, 7) is 4.74. The molecule has 2 atom stereocenters. The summed E-state index contributed by atoms with van der Waals surface area (Å²) in [5.41, 5.74) is 5.97. The van der Waals surface area contributed by atoms with Crippen molar-refractivity contribution < 1.29 is 24.4 Å². The molecule has 4 rings (SSSR count). The first-order valence-electron chi connectivity index (χ1n) is 11.6. The minimum absolute atomic E-state index is 0.251. The number of hydrogen-bond acceptors (Lipinski definition) is 6. The lowest BCUT2D eigenvalue weighted by Gasteiger charge is -2.19. The molecule has 4 aromatic rings. The fraction of sp³-hybridized carbons (Fsp3) is 0.214. The number of carbonyl (C=O) groups excluding carboxylic acids is 2. The monoisotopic (exact) mass is 553 g/mol. The van der Waals surface area contributed by atoms with Crippen LogP contribution in [0.2, 0.25) is 0 Å². The zero-order valence-electron chi connectivity index (χ0n) is 21.1. The van der Waals surface area contributed by atoms with Crippen LogP contribution < -0.4 is 5.73 Å². The van der Waals surface area contributed by atoms with E-state index in [1.165, 1.54) is 35.1 Å². The molecule has 2 aromatic heterocycles. The lowest BCUT2D eigenvalue weighted by atomic mass is 10.1. The normalized spacial score (nSPS) is 11.9. The first-order chi connectivity index (χ1) is 18.0. The Kier molecular flexibility index (Phi) is 9.98. The van der Waals surface area contributed by atoms with Crippen LogP contribution in [-0.4, -0.2) is 38.5 Å². The van der Waals surface area contributed by atoms with Gasteiger partial charge in [0.2, 0.25) is 5.91 Å². The lowest BCUT2D eigenvalue weighted by molar-refractivity contribution is -0.172. The van der Waals surface area contributed by atoms with Crippen molar-refractivity contribution in [1.82, 2.24) is 10.1 Å². The van der Waals surface area contributed by atoms with E-state index in [0.29, 0.717) is 11.5 Å². The first-order valence-corrected chi connectivity index (χ1v) is 13.3. The Morgan fingerprint density at radius 3 is 2.32 bits per heavy atom. The molecule has 1 unspecified atom stereocenters. The SMILES string of the molecule is CC(=O)N(O)C(C)c1cc2ccccc2s1.C[C@H](C#Cc1ccc(Cc2ccc(F)cc2)s1)N(O)C(N)=O. The Bertz CT molecular complexity index is 1420. The van der Waals surface area contributed by atoms with Crippen molar-refractivity contribution in [2.45, 2.75) is 39.3 Å². The molecule has 2 aromatic carbocycles. The highest BCUT2D eigenvalue weighted by atomic mass is 32.1. The molecule has 38 heavy (non-hydrogen) atoms. The van der Waals surface area contributed by atoms with Crippen molar-refractivity contribution in [3.8, 4) is 11.8 Å². The molecule has 0 radical (unpaired) electrons. The van der Waals surface area contributed by atoms with E-state index >= 15 is 0 Å². The Hall–Kier alpha value is -3.75. The molecule has 0 saturated heterocycles. The van der Waals surface area contributed by atoms with E-state index in [2.05, 4.69) is 11.8 Å². The van der Waals surface area contributed by atoms with E-state index in [9.17, 15) is 24.4 Å². The van der Waals surface area contributed by atoms with Crippen molar-refractivity contribution in [2.24, 2.45) is 5.73 Å². The Labute approximate surface area is 228 Å². The molecule has 2 heterocycles. The summed E-state index contributed by atoms with van der Waals surface area (Å²) in [6.07, 6.45) is 0.704. The number of benzene rings is 2. The highest BCUT2D eigenvalue weighted by Gasteiger charge is 2.18. The molecule has 0 fully saturated rings. The molecule has 0 aliphatic rings. The molecule has 0 saturated carbocycles. The maximum atomic E-state index is 12.9. The third kappa shape index (κ3) is 7.87. The molecule has 198 valence electrons. The largest absolute Gasteiger partial charge is 0.350 e. The van der Waals surface area contributed by atoms with Crippen LogP contribution in [0.25, 0.3) is 10.1 Å². The number of carbonyl (C=O) groups is 2. The summed E-state index contributed by atoms with van der Waals surface area (Å²) in [7, 11) is 0. The second kappa shape index (κ2) is 13.2. The van der Waals surface area contributed by atoms with Crippen molar-refractivity contribution in [3.63, 3.8) is 0 Å². The number of rotatable bonds is 5. The van der Waals surface area contributed by atoms with E-state index in [1.807, 2.05) is 49.4 Å². The average Bonchev–Trinajstić information content (AvgIpc) is 3.54. The fourth-order valence-corrected chi connectivity index (χ4v) is 5.38. The maximum Gasteiger partial charge on any atom is 0.339 e. The van der Waals surface area contributed by atoms with Gasteiger partial charge in [-0.15, -0.1) is 22.7 Å². The van der Waals surface area contributed by atoms with Gasteiger partial charge in [-0.05, 0) is 61.2 Å². The first kappa shape index (κ1) is 28.8. The average molecular weight is 554 g/mol. The molecule has 0 aliphatic carbocycles. The number of nitrogens with zero attached hydrogens (tertiary/aromatic N) is 2. The Morgan fingerprint density at radius 1 is 1.00 bits per heavy atom. The number of fused-ring (bicyclic) bond motifs is 1. The zero-order chi connectivity index (χ0) is 27.8. The van der Waals surface area contributed by atoms with Crippen molar-refractivity contribution in [3.05, 3.63) is 92.7 Å². The third-order valence-electron chi connectivity index (χ3n) is 5.50. The van der Waals surface area contributed by atoms with Gasteiger partial charge >= 0.3 is 6.03 Å². The lowest BCUT2D eigenvalue weighted by Crippen LogP contribution is -2.38. The van der Waals surface area contributed by atoms with Crippen molar-refractivity contribution >= 4 is 44.7 Å². The molecule has 7 nitrogen and oxygen atoms in total. The second-order valence-electron chi connectivity index (χ2n) is 8.42. The predicted octanol–water partition coefficient (Wildman–Crippen LogP) is 6.19. The van der Waals surface area contributed by atoms with Gasteiger partial charge in [-0.3, -0.25) is 15.2 Å². The number of primary amides is 1. The number of thiophene rings is 2. The molecular weight excluding hydrogens is 525 g/mol. The third-order valence-corrected chi connectivity index (χ3v) is 7.78. The number of hydroxylamine groups is 4. The van der Waals surface area contributed by atoms with Crippen LogP contribution in [0.3, 0.4) is 0 Å². The van der Waals surface area contributed by atoms with Crippen LogP contribution in [0.15, 0.2) is 66.7 Å². The zero-order valence-corrected chi connectivity index (χ0v) is 22.7. The summed E-state index contributed by atoms with van der Waals surface area (Å²) in [4.78, 5) is 24.7. The number of nitrogens with two attached hydrogens (primary N) is 1. The van der Waals surface area contributed by atoms with Gasteiger partial charge in [-0.2, -0.15) is 5.06 Å². The number of hydrogen-bond donors (Lipinski definition) is 3. The minimum atomic E-state index is -0.940. The molecule has 4 N–H and O–H groups in total. The molecule has 3 amide bonds. The van der Waals surface area contributed by atoms with Crippen molar-refractivity contribution in [2.75, 3.05) is 0 Å². The van der Waals surface area contributed by atoms with Gasteiger partial charge in [0.15, 0.2) is 0 Å². The second-order valence-corrected chi connectivity index (χ2v) is 10.7. The summed E-state index contributed by atoms with van der Waals surface area (Å²) in [5, 5.41) is 21.2. The van der Waals surface area contributed by atoms with Gasteiger partial charge in [0, 0.05) is 27.8 Å². The maximum absolute atomic E-state index is 12.9. The van der Waals surface area contributed by atoms with Crippen LogP contribution in [0.4, 0.5) is 9.18 Å². The minimum Gasteiger partial charge on any atom is -0.350 e. The van der Waals surface area contributed by atoms with Gasteiger partial charge in [-0.25, -0.2) is 14.2 Å². The van der Waals surface area contributed by atoms with Crippen LogP contribution in [0, 0.1) is 17.7 Å². The summed E-state index contributed by atoms with van der Waals surface area (Å²) >= 11 is 3.11. The topological polar surface area (TPSA) is 107 Å².